The van der Waals surface area contributed by atoms with Crippen LogP contribution in [0.1, 0.15) is 28.4 Å². The quantitative estimate of drug-likeness (QED) is 0.684. The van der Waals surface area contributed by atoms with E-state index in [0.717, 1.165) is 6.42 Å². The largest absolute Gasteiger partial charge is 0.493 e. The topological polar surface area (TPSA) is 84.9 Å². The Morgan fingerprint density at radius 1 is 1.08 bits per heavy atom. The molecule has 0 aliphatic heterocycles. The van der Waals surface area contributed by atoms with E-state index in [4.69, 9.17) is 9.47 Å². The van der Waals surface area contributed by atoms with Crippen LogP contribution in [0.25, 0.3) is 0 Å². The van der Waals surface area contributed by atoms with Crippen molar-refractivity contribution in [1.29, 1.82) is 0 Å². The Balaban J connectivity index is 2.05. The van der Waals surface area contributed by atoms with Gasteiger partial charge in [0.05, 0.1) is 6.61 Å². The summed E-state index contributed by atoms with van der Waals surface area (Å²) in [5, 5.41) is 11.9. The average Bonchev–Trinajstić information content (AvgIpc) is 2.64. The fourth-order valence-corrected chi connectivity index (χ4v) is 2.27. The molecule has 2 aromatic rings. The van der Waals surface area contributed by atoms with Crippen molar-refractivity contribution < 1.29 is 24.2 Å². The van der Waals surface area contributed by atoms with E-state index in [2.05, 4.69) is 5.32 Å². The minimum absolute atomic E-state index is 0.339. The zero-order valence-electron chi connectivity index (χ0n) is 14.0. The van der Waals surface area contributed by atoms with Gasteiger partial charge in [-0.2, -0.15) is 0 Å². The number of ether oxygens (including phenoxy) is 2. The second-order valence-corrected chi connectivity index (χ2v) is 5.38. The number of carbonyl (C=O) groups excluding carboxylic acids is 1. The molecule has 0 aliphatic carbocycles. The van der Waals surface area contributed by atoms with Gasteiger partial charge in [-0.25, -0.2) is 4.79 Å². The van der Waals surface area contributed by atoms with Crippen molar-refractivity contribution in [2.45, 2.75) is 12.5 Å². The minimum atomic E-state index is -1.12. The number of carbonyl (C=O) groups is 2. The predicted molar refractivity (Wildman–Crippen MR) is 92.7 cm³/mol. The van der Waals surface area contributed by atoms with Gasteiger partial charge in [-0.3, -0.25) is 4.79 Å². The fourth-order valence-electron chi connectivity index (χ4n) is 2.27. The van der Waals surface area contributed by atoms with Gasteiger partial charge in [-0.1, -0.05) is 36.4 Å². The van der Waals surface area contributed by atoms with Crippen LogP contribution in [0.5, 0.6) is 5.75 Å². The van der Waals surface area contributed by atoms with Gasteiger partial charge in [0.1, 0.15) is 5.75 Å². The lowest BCUT2D eigenvalue weighted by atomic mass is 10.1. The highest BCUT2D eigenvalue weighted by Crippen LogP contribution is 2.17. The molecular formula is C19H21NO5. The van der Waals surface area contributed by atoms with E-state index in [9.17, 15) is 14.7 Å². The van der Waals surface area contributed by atoms with Gasteiger partial charge in [0, 0.05) is 25.7 Å². The van der Waals surface area contributed by atoms with Crippen molar-refractivity contribution >= 4 is 11.9 Å². The van der Waals surface area contributed by atoms with Crippen LogP contribution in [0.2, 0.25) is 0 Å². The van der Waals surface area contributed by atoms with Gasteiger partial charge in [0.25, 0.3) is 5.91 Å². The summed E-state index contributed by atoms with van der Waals surface area (Å²) in [6.07, 6.45) is 0.738. The third-order valence-corrected chi connectivity index (χ3v) is 3.51. The monoisotopic (exact) mass is 343 g/mol. The summed E-state index contributed by atoms with van der Waals surface area (Å²) in [7, 11) is 1.62. The van der Waals surface area contributed by atoms with Crippen LogP contribution < -0.4 is 10.1 Å². The summed E-state index contributed by atoms with van der Waals surface area (Å²) in [5.41, 5.74) is 0.849. The number of carboxylic acids is 1. The maximum absolute atomic E-state index is 12.4. The van der Waals surface area contributed by atoms with Crippen LogP contribution in [0.15, 0.2) is 54.6 Å². The number of hydrogen-bond acceptors (Lipinski definition) is 4. The van der Waals surface area contributed by atoms with E-state index in [1.54, 1.807) is 61.7 Å². The number of methoxy groups -OCH3 is 1. The van der Waals surface area contributed by atoms with Crippen molar-refractivity contribution in [3.8, 4) is 5.75 Å². The Kier molecular flexibility index (Phi) is 6.98. The smallest absolute Gasteiger partial charge is 0.330 e. The van der Waals surface area contributed by atoms with E-state index in [1.165, 1.54) is 0 Å². The molecule has 1 amide bonds. The summed E-state index contributed by atoms with van der Waals surface area (Å²) in [6, 6.07) is 14.1. The number of rotatable bonds is 9. The van der Waals surface area contributed by atoms with Crippen molar-refractivity contribution in [2.24, 2.45) is 0 Å². The molecule has 0 aliphatic rings. The molecule has 25 heavy (non-hydrogen) atoms. The molecule has 0 saturated carbocycles. The van der Waals surface area contributed by atoms with Crippen molar-refractivity contribution in [3.63, 3.8) is 0 Å². The van der Waals surface area contributed by atoms with Gasteiger partial charge in [0.15, 0.2) is 6.04 Å². The molecule has 0 heterocycles. The molecule has 2 aromatic carbocycles. The zero-order valence-corrected chi connectivity index (χ0v) is 14.0. The maximum Gasteiger partial charge on any atom is 0.330 e. The van der Waals surface area contributed by atoms with Crippen LogP contribution in [0.3, 0.4) is 0 Å². The lowest BCUT2D eigenvalue weighted by molar-refractivity contribution is -0.139. The first kappa shape index (κ1) is 18.5. The molecule has 2 rings (SSSR count). The fraction of sp³-hybridized carbons (Fsp3) is 0.263. The first-order valence-electron chi connectivity index (χ1n) is 7.92. The number of nitrogens with one attached hydrogen (secondary N) is 1. The molecule has 6 heteroatoms. The number of benzene rings is 2. The molecule has 0 radical (unpaired) electrons. The lowest BCUT2D eigenvalue weighted by Gasteiger charge is -2.15. The second-order valence-electron chi connectivity index (χ2n) is 5.38. The van der Waals surface area contributed by atoms with E-state index >= 15 is 0 Å². The van der Waals surface area contributed by atoms with Crippen LogP contribution in [0.4, 0.5) is 0 Å². The van der Waals surface area contributed by atoms with Gasteiger partial charge in [-0.15, -0.1) is 0 Å². The Labute approximate surface area is 146 Å². The van der Waals surface area contributed by atoms with E-state index in [1.807, 2.05) is 0 Å². The van der Waals surface area contributed by atoms with Gasteiger partial charge in [-0.05, 0) is 23.8 Å². The lowest BCUT2D eigenvalue weighted by Crippen LogP contribution is -2.33. The molecule has 1 unspecified atom stereocenters. The van der Waals surface area contributed by atoms with Crippen molar-refractivity contribution in [3.05, 3.63) is 65.7 Å². The number of aliphatic carboxylic acids is 1. The summed E-state index contributed by atoms with van der Waals surface area (Å²) in [4.78, 5) is 23.9. The van der Waals surface area contributed by atoms with Crippen LogP contribution in [-0.2, 0) is 9.53 Å². The highest BCUT2D eigenvalue weighted by atomic mass is 16.5. The highest BCUT2D eigenvalue weighted by Gasteiger charge is 2.22. The van der Waals surface area contributed by atoms with E-state index in [0.29, 0.717) is 30.1 Å². The molecule has 0 bridgehead atoms. The molecule has 2 N–H and O–H groups in total. The highest BCUT2D eigenvalue weighted by molar-refractivity contribution is 5.97. The standard InChI is InChI=1S/C19H21NO5/c1-24-11-6-12-25-16-10-5-9-15(13-16)18(21)20-17(19(22)23)14-7-3-2-4-8-14/h2-5,7-10,13,17H,6,11-12H2,1H3,(H,20,21)(H,22,23). The molecule has 0 saturated heterocycles. The Hall–Kier alpha value is -2.86. The number of hydrogen-bond donors (Lipinski definition) is 2. The second kappa shape index (κ2) is 9.44. The van der Waals surface area contributed by atoms with Gasteiger partial charge < -0.3 is 19.9 Å². The third kappa shape index (κ3) is 5.61. The summed E-state index contributed by atoms with van der Waals surface area (Å²) in [6.45, 7) is 1.07. The maximum atomic E-state index is 12.4. The Morgan fingerprint density at radius 2 is 1.84 bits per heavy atom. The zero-order chi connectivity index (χ0) is 18.1. The molecule has 132 valence electrons. The van der Waals surface area contributed by atoms with Gasteiger partial charge in [0.2, 0.25) is 0 Å². The van der Waals surface area contributed by atoms with Crippen LogP contribution in [-0.4, -0.2) is 37.3 Å². The van der Waals surface area contributed by atoms with Crippen molar-refractivity contribution in [1.82, 2.24) is 5.32 Å². The summed E-state index contributed by atoms with van der Waals surface area (Å²) in [5.74, 6) is -1.04. The number of carboxylic acid groups (broad SMARTS) is 1. The molecule has 6 nitrogen and oxygen atoms in total. The molecular weight excluding hydrogens is 322 g/mol. The molecule has 1 atom stereocenters. The normalized spacial score (nSPS) is 11.6. The molecule has 0 fully saturated rings. The Bertz CT molecular complexity index is 702. The number of amides is 1. The van der Waals surface area contributed by atoms with Crippen LogP contribution >= 0.6 is 0 Å². The first-order valence-corrected chi connectivity index (χ1v) is 7.92. The molecule has 0 spiro atoms. The van der Waals surface area contributed by atoms with E-state index in [-0.39, 0.29) is 0 Å². The SMILES string of the molecule is COCCCOc1cccc(C(=O)NC(C(=O)O)c2ccccc2)c1. The summed E-state index contributed by atoms with van der Waals surface area (Å²) >= 11 is 0. The first-order chi connectivity index (χ1) is 12.1. The Morgan fingerprint density at radius 3 is 2.52 bits per heavy atom. The van der Waals surface area contributed by atoms with Crippen molar-refractivity contribution in [2.75, 3.05) is 20.3 Å². The minimum Gasteiger partial charge on any atom is -0.493 e. The average molecular weight is 343 g/mol. The van der Waals surface area contributed by atoms with Gasteiger partial charge >= 0.3 is 5.97 Å². The van der Waals surface area contributed by atoms with E-state index < -0.39 is 17.9 Å². The summed E-state index contributed by atoms with van der Waals surface area (Å²) < 4.78 is 10.5. The third-order valence-electron chi connectivity index (χ3n) is 3.51. The van der Waals surface area contributed by atoms with Crippen LogP contribution in [0, 0.1) is 0 Å². The predicted octanol–water partition coefficient (Wildman–Crippen LogP) is 2.66. The molecule has 0 aromatic heterocycles.